The summed E-state index contributed by atoms with van der Waals surface area (Å²) in [5.41, 5.74) is 8.90. The molecule has 1 atom stereocenters. The monoisotopic (exact) mass is 294 g/mol. The average molecular weight is 294 g/mol. The normalized spacial score (nSPS) is 16.3. The predicted octanol–water partition coefficient (Wildman–Crippen LogP) is 2.59. The van der Waals surface area contributed by atoms with Gasteiger partial charge in [0.15, 0.2) is 0 Å². The number of thiophene rings is 1. The molecule has 0 aliphatic carbocycles. The summed E-state index contributed by atoms with van der Waals surface area (Å²) in [7, 11) is 0. The number of nitrogens with zero attached hydrogens (tertiary/aromatic N) is 3. The topological polar surface area (TPSA) is 56.7 Å². The van der Waals surface area contributed by atoms with Gasteiger partial charge in [-0.3, -0.25) is 0 Å². The molecular weight excluding hydrogens is 276 g/mol. The lowest BCUT2D eigenvalue weighted by Crippen LogP contribution is -2.16. The third-order valence-electron chi connectivity index (χ3n) is 3.35. The van der Waals surface area contributed by atoms with Crippen molar-refractivity contribution in [2.75, 3.05) is 5.75 Å². The van der Waals surface area contributed by atoms with Gasteiger partial charge in [-0.2, -0.15) is 11.8 Å². The minimum absolute atomic E-state index is 0.0952. The van der Waals surface area contributed by atoms with E-state index in [1.165, 1.54) is 27.5 Å². The summed E-state index contributed by atoms with van der Waals surface area (Å²) in [6, 6.07) is 2.18. The van der Waals surface area contributed by atoms with Crippen LogP contribution in [0.5, 0.6) is 0 Å². The Bertz CT molecular complexity index is 537. The SMILES string of the molecule is CCCn1nncc1C(N)c1cc2c(s1)CCSC2. The highest BCUT2D eigenvalue weighted by atomic mass is 32.2. The maximum absolute atomic E-state index is 6.41. The molecule has 0 aromatic carbocycles. The quantitative estimate of drug-likeness (QED) is 0.941. The first kappa shape index (κ1) is 13.1. The van der Waals surface area contributed by atoms with Crippen molar-refractivity contribution in [3.63, 3.8) is 0 Å². The van der Waals surface area contributed by atoms with Gasteiger partial charge in [0.2, 0.25) is 0 Å². The molecule has 0 fully saturated rings. The Balaban J connectivity index is 1.88. The maximum Gasteiger partial charge on any atom is 0.0833 e. The Hall–Kier alpha value is -0.850. The second-order valence-corrected chi connectivity index (χ2v) is 7.03. The number of rotatable bonds is 4. The van der Waals surface area contributed by atoms with Crippen LogP contribution < -0.4 is 5.73 Å². The van der Waals surface area contributed by atoms with Gasteiger partial charge in [0.25, 0.3) is 0 Å². The van der Waals surface area contributed by atoms with Crippen LogP contribution in [0.3, 0.4) is 0 Å². The summed E-state index contributed by atoms with van der Waals surface area (Å²) in [4.78, 5) is 2.76. The van der Waals surface area contributed by atoms with E-state index in [0.717, 1.165) is 24.4 Å². The Morgan fingerprint density at radius 1 is 1.53 bits per heavy atom. The summed E-state index contributed by atoms with van der Waals surface area (Å²) in [5, 5.41) is 8.12. The number of nitrogens with two attached hydrogens (primary N) is 1. The van der Waals surface area contributed by atoms with Crippen molar-refractivity contribution in [2.24, 2.45) is 5.73 Å². The van der Waals surface area contributed by atoms with E-state index in [-0.39, 0.29) is 6.04 Å². The van der Waals surface area contributed by atoms with E-state index < -0.39 is 0 Å². The first-order valence-corrected chi connectivity index (χ1v) is 8.60. The van der Waals surface area contributed by atoms with E-state index >= 15 is 0 Å². The number of hydrogen-bond donors (Lipinski definition) is 1. The molecule has 19 heavy (non-hydrogen) atoms. The van der Waals surface area contributed by atoms with E-state index in [4.69, 9.17) is 5.73 Å². The number of thioether (sulfide) groups is 1. The number of aromatic nitrogens is 3. The van der Waals surface area contributed by atoms with E-state index in [9.17, 15) is 0 Å². The second kappa shape index (κ2) is 5.64. The Morgan fingerprint density at radius 2 is 2.42 bits per heavy atom. The maximum atomic E-state index is 6.41. The van der Waals surface area contributed by atoms with Gasteiger partial charge in [-0.1, -0.05) is 12.1 Å². The zero-order valence-electron chi connectivity index (χ0n) is 11.0. The van der Waals surface area contributed by atoms with Crippen molar-refractivity contribution in [2.45, 2.75) is 38.1 Å². The van der Waals surface area contributed by atoms with Gasteiger partial charge in [-0.05, 0) is 30.2 Å². The zero-order chi connectivity index (χ0) is 13.2. The fourth-order valence-electron chi connectivity index (χ4n) is 2.36. The van der Waals surface area contributed by atoms with Crippen LogP contribution in [0, 0.1) is 0 Å². The summed E-state index contributed by atoms with van der Waals surface area (Å²) >= 11 is 3.87. The minimum atomic E-state index is -0.0952. The Kier molecular flexibility index (Phi) is 3.91. The summed E-state index contributed by atoms with van der Waals surface area (Å²) in [6.45, 7) is 3.02. The third-order valence-corrected chi connectivity index (χ3v) is 5.68. The molecule has 4 nitrogen and oxygen atoms in total. The largest absolute Gasteiger partial charge is 0.318 e. The van der Waals surface area contributed by atoms with E-state index in [1.807, 2.05) is 27.8 Å². The smallest absolute Gasteiger partial charge is 0.0833 e. The highest BCUT2D eigenvalue weighted by molar-refractivity contribution is 7.98. The van der Waals surface area contributed by atoms with Crippen molar-refractivity contribution in [1.29, 1.82) is 0 Å². The van der Waals surface area contributed by atoms with Crippen LogP contribution >= 0.6 is 23.1 Å². The van der Waals surface area contributed by atoms with Crippen LogP contribution in [0.4, 0.5) is 0 Å². The molecular formula is C13H18N4S2. The molecule has 6 heteroatoms. The molecule has 3 rings (SSSR count). The lowest BCUT2D eigenvalue weighted by Gasteiger charge is -2.10. The molecule has 102 valence electrons. The van der Waals surface area contributed by atoms with Gasteiger partial charge < -0.3 is 5.73 Å². The highest BCUT2D eigenvalue weighted by Gasteiger charge is 2.20. The number of aryl methyl sites for hydroxylation is 2. The molecule has 0 bridgehead atoms. The highest BCUT2D eigenvalue weighted by Crippen LogP contribution is 2.35. The first-order chi connectivity index (χ1) is 9.29. The molecule has 1 aliphatic heterocycles. The lowest BCUT2D eigenvalue weighted by atomic mass is 10.1. The minimum Gasteiger partial charge on any atom is -0.318 e. The Morgan fingerprint density at radius 3 is 3.21 bits per heavy atom. The molecule has 2 aromatic heterocycles. The van der Waals surface area contributed by atoms with Gasteiger partial charge in [-0.15, -0.1) is 16.4 Å². The van der Waals surface area contributed by atoms with Crippen molar-refractivity contribution in [3.05, 3.63) is 33.3 Å². The van der Waals surface area contributed by atoms with Gasteiger partial charge in [-0.25, -0.2) is 4.68 Å². The van der Waals surface area contributed by atoms with Crippen LogP contribution in [0.25, 0.3) is 0 Å². The van der Waals surface area contributed by atoms with E-state index in [2.05, 4.69) is 23.3 Å². The van der Waals surface area contributed by atoms with Gasteiger partial charge in [0.05, 0.1) is 17.9 Å². The first-order valence-electron chi connectivity index (χ1n) is 6.62. The van der Waals surface area contributed by atoms with Crippen LogP contribution in [0.1, 0.15) is 40.4 Å². The lowest BCUT2D eigenvalue weighted by molar-refractivity contribution is 0.545. The van der Waals surface area contributed by atoms with Crippen LogP contribution in [-0.4, -0.2) is 20.7 Å². The second-order valence-electron chi connectivity index (χ2n) is 4.76. The van der Waals surface area contributed by atoms with Crippen molar-refractivity contribution >= 4 is 23.1 Å². The number of hydrogen-bond acceptors (Lipinski definition) is 5. The molecule has 2 aromatic rings. The van der Waals surface area contributed by atoms with Crippen LogP contribution in [0.15, 0.2) is 12.3 Å². The fraction of sp³-hybridized carbons (Fsp3) is 0.538. The molecule has 2 N–H and O–H groups in total. The van der Waals surface area contributed by atoms with Crippen molar-refractivity contribution in [1.82, 2.24) is 15.0 Å². The molecule has 0 saturated carbocycles. The molecule has 0 spiro atoms. The van der Waals surface area contributed by atoms with Crippen molar-refractivity contribution in [3.8, 4) is 0 Å². The van der Waals surface area contributed by atoms with E-state index in [1.54, 1.807) is 6.20 Å². The van der Waals surface area contributed by atoms with Crippen molar-refractivity contribution < 1.29 is 0 Å². The molecule has 1 aliphatic rings. The molecule has 0 radical (unpaired) electrons. The zero-order valence-corrected chi connectivity index (χ0v) is 12.6. The van der Waals surface area contributed by atoms with Gasteiger partial charge >= 0.3 is 0 Å². The summed E-state index contributed by atoms with van der Waals surface area (Å²) in [5.74, 6) is 2.36. The average Bonchev–Trinajstić information content (AvgIpc) is 3.04. The molecule has 0 saturated heterocycles. The summed E-state index contributed by atoms with van der Waals surface area (Å²) < 4.78 is 1.93. The van der Waals surface area contributed by atoms with Gasteiger partial charge in [0.1, 0.15) is 0 Å². The standard InChI is InChI=1S/C13H18N4S2/c1-2-4-17-10(7-15-16-17)13(14)12-6-9-8-18-5-3-11(9)19-12/h6-7,13H,2-5,8,14H2,1H3. The third kappa shape index (κ3) is 2.57. The fourth-order valence-corrected chi connectivity index (χ4v) is 4.75. The molecule has 0 amide bonds. The Labute approximate surface area is 121 Å². The van der Waals surface area contributed by atoms with Crippen LogP contribution in [0.2, 0.25) is 0 Å². The number of fused-ring (bicyclic) bond motifs is 1. The molecule has 3 heterocycles. The van der Waals surface area contributed by atoms with E-state index in [0.29, 0.717) is 0 Å². The summed E-state index contributed by atoms with van der Waals surface area (Å²) in [6.07, 6.45) is 4.03. The molecule has 1 unspecified atom stereocenters. The van der Waals surface area contributed by atoms with Crippen LogP contribution in [-0.2, 0) is 18.7 Å². The predicted molar refractivity (Wildman–Crippen MR) is 80.5 cm³/mol. The van der Waals surface area contributed by atoms with Gasteiger partial charge in [0, 0.05) is 22.1 Å².